The Hall–Kier alpha value is -1.54. The Morgan fingerprint density at radius 1 is 1.00 bits per heavy atom. The van der Waals surface area contributed by atoms with E-state index in [2.05, 4.69) is 55.1 Å². The molecule has 3 rings (SSSR count). The zero-order valence-electron chi connectivity index (χ0n) is 13.3. The molecule has 2 heteroatoms. The number of nitrogens with zero attached hydrogens (tertiary/aromatic N) is 1. The van der Waals surface area contributed by atoms with Gasteiger partial charge in [0.1, 0.15) is 5.75 Å². The van der Waals surface area contributed by atoms with Crippen LogP contribution in [0.15, 0.2) is 36.4 Å². The normalized spacial score (nSPS) is 23.4. The van der Waals surface area contributed by atoms with Crippen molar-refractivity contribution in [2.75, 3.05) is 20.2 Å². The van der Waals surface area contributed by atoms with Crippen LogP contribution in [0.1, 0.15) is 25.8 Å². The summed E-state index contributed by atoms with van der Waals surface area (Å²) in [6.45, 7) is 8.21. The van der Waals surface area contributed by atoms with Gasteiger partial charge in [0.15, 0.2) is 0 Å². The molecule has 21 heavy (non-hydrogen) atoms. The fraction of sp³-hybridized carbons (Fsp3) is 0.474. The van der Waals surface area contributed by atoms with Gasteiger partial charge in [0.2, 0.25) is 0 Å². The zero-order valence-corrected chi connectivity index (χ0v) is 13.3. The lowest BCUT2D eigenvalue weighted by Crippen LogP contribution is -2.38. The molecule has 1 fully saturated rings. The zero-order chi connectivity index (χ0) is 14.8. The van der Waals surface area contributed by atoms with E-state index in [1.54, 1.807) is 7.11 Å². The molecule has 1 aliphatic heterocycles. The highest BCUT2D eigenvalue weighted by Crippen LogP contribution is 2.30. The van der Waals surface area contributed by atoms with Crippen molar-refractivity contribution >= 4 is 10.8 Å². The molecule has 0 saturated carbocycles. The van der Waals surface area contributed by atoms with Gasteiger partial charge in [0, 0.05) is 25.0 Å². The van der Waals surface area contributed by atoms with Crippen molar-refractivity contribution in [2.45, 2.75) is 26.8 Å². The maximum absolute atomic E-state index is 5.49. The Kier molecular flexibility index (Phi) is 4.16. The van der Waals surface area contributed by atoms with E-state index in [1.165, 1.54) is 35.8 Å². The van der Waals surface area contributed by atoms with Crippen LogP contribution in [-0.2, 0) is 6.54 Å². The molecule has 1 heterocycles. The number of hydrogen-bond donors (Lipinski definition) is 0. The smallest absolute Gasteiger partial charge is 0.126 e. The summed E-state index contributed by atoms with van der Waals surface area (Å²) < 4.78 is 5.49. The Balaban J connectivity index is 1.90. The van der Waals surface area contributed by atoms with E-state index >= 15 is 0 Å². The van der Waals surface area contributed by atoms with E-state index in [1.807, 2.05) is 0 Å². The monoisotopic (exact) mass is 283 g/mol. The van der Waals surface area contributed by atoms with Gasteiger partial charge >= 0.3 is 0 Å². The van der Waals surface area contributed by atoms with Gasteiger partial charge < -0.3 is 4.74 Å². The first kappa shape index (κ1) is 14.4. The number of hydrogen-bond acceptors (Lipinski definition) is 2. The molecule has 2 aromatic carbocycles. The molecular formula is C19H25NO. The highest BCUT2D eigenvalue weighted by atomic mass is 16.5. The Labute approximate surface area is 127 Å². The van der Waals surface area contributed by atoms with Crippen molar-refractivity contribution < 1.29 is 4.74 Å². The third-order valence-corrected chi connectivity index (χ3v) is 4.53. The van der Waals surface area contributed by atoms with Gasteiger partial charge in [-0.25, -0.2) is 0 Å². The molecule has 1 saturated heterocycles. The third-order valence-electron chi connectivity index (χ3n) is 4.53. The largest absolute Gasteiger partial charge is 0.496 e. The number of likely N-dealkylation sites (tertiary alicyclic amines) is 1. The molecule has 0 amide bonds. The molecule has 2 nitrogen and oxygen atoms in total. The fourth-order valence-electron chi connectivity index (χ4n) is 3.81. The van der Waals surface area contributed by atoms with Crippen molar-refractivity contribution in [1.29, 1.82) is 0 Å². The van der Waals surface area contributed by atoms with Crippen LogP contribution in [0, 0.1) is 11.8 Å². The van der Waals surface area contributed by atoms with Gasteiger partial charge in [-0.1, -0.05) is 44.2 Å². The van der Waals surface area contributed by atoms with E-state index in [0.717, 1.165) is 24.1 Å². The quantitative estimate of drug-likeness (QED) is 0.831. The van der Waals surface area contributed by atoms with Crippen LogP contribution in [0.4, 0.5) is 0 Å². The highest BCUT2D eigenvalue weighted by molar-refractivity contribution is 5.91. The molecule has 1 aliphatic rings. The van der Waals surface area contributed by atoms with Gasteiger partial charge in [-0.2, -0.15) is 0 Å². The summed E-state index contributed by atoms with van der Waals surface area (Å²) in [5.41, 5.74) is 1.41. The van der Waals surface area contributed by atoms with Crippen LogP contribution >= 0.6 is 0 Å². The molecular weight excluding hydrogens is 258 g/mol. The first-order chi connectivity index (χ1) is 10.2. The molecule has 0 aromatic heterocycles. The summed E-state index contributed by atoms with van der Waals surface area (Å²) in [5, 5.41) is 2.54. The minimum absolute atomic E-state index is 0.804. The van der Waals surface area contributed by atoms with Crippen LogP contribution in [0.2, 0.25) is 0 Å². The van der Waals surface area contributed by atoms with E-state index in [4.69, 9.17) is 4.74 Å². The van der Waals surface area contributed by atoms with Gasteiger partial charge in [0.25, 0.3) is 0 Å². The van der Waals surface area contributed by atoms with Crippen LogP contribution < -0.4 is 4.74 Å². The van der Waals surface area contributed by atoms with Gasteiger partial charge in [0.05, 0.1) is 7.11 Å². The van der Waals surface area contributed by atoms with Crippen LogP contribution in [0.3, 0.4) is 0 Å². The van der Waals surface area contributed by atoms with Crippen LogP contribution in [-0.4, -0.2) is 25.1 Å². The Bertz CT molecular complexity index is 612. The van der Waals surface area contributed by atoms with Gasteiger partial charge in [-0.3, -0.25) is 4.90 Å². The minimum atomic E-state index is 0.804. The summed E-state index contributed by atoms with van der Waals surface area (Å²) in [5.74, 6) is 2.58. The summed E-state index contributed by atoms with van der Waals surface area (Å²) in [7, 11) is 1.75. The summed E-state index contributed by atoms with van der Waals surface area (Å²) >= 11 is 0. The third kappa shape index (κ3) is 3.06. The van der Waals surface area contributed by atoms with E-state index in [0.29, 0.717) is 0 Å². The van der Waals surface area contributed by atoms with Crippen LogP contribution in [0.25, 0.3) is 10.8 Å². The SMILES string of the molecule is COc1ccc(CN2C[C@@H](C)C[C@H](C)C2)c2ccccc12. The second-order valence-corrected chi connectivity index (χ2v) is 6.61. The maximum Gasteiger partial charge on any atom is 0.126 e. The fourth-order valence-corrected chi connectivity index (χ4v) is 3.81. The molecule has 0 unspecified atom stereocenters. The van der Waals surface area contributed by atoms with Crippen molar-refractivity contribution in [1.82, 2.24) is 4.90 Å². The Morgan fingerprint density at radius 3 is 2.33 bits per heavy atom. The molecule has 0 N–H and O–H groups in total. The number of methoxy groups -OCH3 is 1. The predicted molar refractivity (Wildman–Crippen MR) is 88.7 cm³/mol. The van der Waals surface area contributed by atoms with Crippen molar-refractivity contribution in [3.63, 3.8) is 0 Å². The van der Waals surface area contributed by atoms with Crippen molar-refractivity contribution in [2.24, 2.45) is 11.8 Å². The number of rotatable bonds is 3. The predicted octanol–water partition coefficient (Wildman–Crippen LogP) is 4.33. The van der Waals surface area contributed by atoms with E-state index in [-0.39, 0.29) is 0 Å². The number of piperidine rings is 1. The van der Waals surface area contributed by atoms with E-state index in [9.17, 15) is 0 Å². The van der Waals surface area contributed by atoms with Gasteiger partial charge in [-0.15, -0.1) is 0 Å². The van der Waals surface area contributed by atoms with Crippen molar-refractivity contribution in [3.8, 4) is 5.75 Å². The number of benzene rings is 2. The van der Waals surface area contributed by atoms with Crippen molar-refractivity contribution in [3.05, 3.63) is 42.0 Å². The summed E-state index contributed by atoms with van der Waals surface area (Å²) in [4.78, 5) is 2.60. The number of fused-ring (bicyclic) bond motifs is 1. The highest BCUT2D eigenvalue weighted by Gasteiger charge is 2.22. The van der Waals surface area contributed by atoms with E-state index < -0.39 is 0 Å². The lowest BCUT2D eigenvalue weighted by Gasteiger charge is -2.35. The lowest BCUT2D eigenvalue weighted by atomic mass is 9.91. The number of ether oxygens (including phenoxy) is 1. The minimum Gasteiger partial charge on any atom is -0.496 e. The van der Waals surface area contributed by atoms with Gasteiger partial charge in [-0.05, 0) is 35.3 Å². The molecule has 0 aliphatic carbocycles. The first-order valence-corrected chi connectivity index (χ1v) is 7.94. The summed E-state index contributed by atoms with van der Waals surface area (Å²) in [6, 6.07) is 12.9. The lowest BCUT2D eigenvalue weighted by molar-refractivity contribution is 0.135. The first-order valence-electron chi connectivity index (χ1n) is 7.94. The molecule has 2 aromatic rings. The standard InChI is InChI=1S/C19H25NO/c1-14-10-15(2)12-20(11-14)13-16-8-9-19(21-3)18-7-5-4-6-17(16)18/h4-9,14-15H,10-13H2,1-3H3/t14-,15-/m0/s1. The second kappa shape index (κ2) is 6.07. The summed E-state index contributed by atoms with van der Waals surface area (Å²) in [6.07, 6.45) is 1.36. The second-order valence-electron chi connectivity index (χ2n) is 6.61. The molecule has 112 valence electrons. The molecule has 0 spiro atoms. The average Bonchev–Trinajstić information content (AvgIpc) is 2.46. The molecule has 0 bridgehead atoms. The molecule has 0 radical (unpaired) electrons. The average molecular weight is 283 g/mol. The molecule has 2 atom stereocenters. The van der Waals surface area contributed by atoms with Crippen LogP contribution in [0.5, 0.6) is 5.75 Å². The maximum atomic E-state index is 5.49. The topological polar surface area (TPSA) is 12.5 Å². The Morgan fingerprint density at radius 2 is 1.67 bits per heavy atom.